The Balaban J connectivity index is 2.22. The number of aromatic nitrogens is 2. The minimum atomic E-state index is -3.78. The fourth-order valence-electron chi connectivity index (χ4n) is 1.63. The van der Waals surface area contributed by atoms with Gasteiger partial charge < -0.3 is 14.6 Å². The monoisotopic (exact) mass is 299 g/mol. The van der Waals surface area contributed by atoms with Crippen LogP contribution in [0.3, 0.4) is 0 Å². The summed E-state index contributed by atoms with van der Waals surface area (Å²) in [7, 11) is -2.40. The van der Waals surface area contributed by atoms with Gasteiger partial charge in [0.05, 0.1) is 12.2 Å². The normalized spacial score (nSPS) is 11.9. The summed E-state index contributed by atoms with van der Waals surface area (Å²) in [6.45, 7) is 1.74. The molecule has 2 heterocycles. The summed E-state index contributed by atoms with van der Waals surface area (Å²) >= 11 is 0. The third-order valence-corrected chi connectivity index (χ3v) is 4.44. The van der Waals surface area contributed by atoms with E-state index in [1.807, 2.05) is 0 Å². The third kappa shape index (κ3) is 2.73. The number of rotatable bonds is 5. The second-order valence-electron chi connectivity index (χ2n) is 4.24. The maximum Gasteiger partial charge on any atom is 0.352 e. The van der Waals surface area contributed by atoms with Crippen LogP contribution in [0.2, 0.25) is 0 Å². The van der Waals surface area contributed by atoms with E-state index < -0.39 is 16.0 Å². The standard InChI is InChI=1S/C11H13N3O5S/c1-7-3-8(13-19-7)6-14(2)20(17,18)9-4-10(11(15)16)12-5-9/h3-5,12H,6H2,1-2H3,(H,15,16). The lowest BCUT2D eigenvalue weighted by atomic mass is 10.4. The van der Waals surface area contributed by atoms with Crippen LogP contribution in [0.4, 0.5) is 0 Å². The lowest BCUT2D eigenvalue weighted by Crippen LogP contribution is -2.26. The summed E-state index contributed by atoms with van der Waals surface area (Å²) in [4.78, 5) is 13.0. The molecule has 0 aromatic carbocycles. The van der Waals surface area contributed by atoms with Crippen molar-refractivity contribution in [2.45, 2.75) is 18.4 Å². The maximum absolute atomic E-state index is 12.2. The molecular formula is C11H13N3O5S. The fraction of sp³-hybridized carbons (Fsp3) is 0.273. The first-order valence-corrected chi connectivity index (χ1v) is 7.05. The van der Waals surface area contributed by atoms with Crippen LogP contribution in [0, 0.1) is 6.92 Å². The topological polar surface area (TPSA) is 117 Å². The average molecular weight is 299 g/mol. The highest BCUT2D eigenvalue weighted by Crippen LogP contribution is 2.17. The molecule has 0 saturated carbocycles. The molecule has 8 nitrogen and oxygen atoms in total. The Morgan fingerprint density at radius 3 is 2.70 bits per heavy atom. The van der Waals surface area contributed by atoms with Gasteiger partial charge in [-0.1, -0.05) is 5.16 Å². The highest BCUT2D eigenvalue weighted by atomic mass is 32.2. The molecule has 0 radical (unpaired) electrons. The molecule has 2 aromatic rings. The number of aromatic amines is 1. The second-order valence-corrected chi connectivity index (χ2v) is 6.29. The van der Waals surface area contributed by atoms with Crippen LogP contribution in [-0.2, 0) is 16.6 Å². The van der Waals surface area contributed by atoms with Crippen molar-refractivity contribution in [1.82, 2.24) is 14.4 Å². The largest absolute Gasteiger partial charge is 0.477 e. The van der Waals surface area contributed by atoms with Gasteiger partial charge in [0.1, 0.15) is 16.3 Å². The van der Waals surface area contributed by atoms with Crippen LogP contribution < -0.4 is 0 Å². The molecule has 0 fully saturated rings. The predicted molar refractivity (Wildman–Crippen MR) is 67.6 cm³/mol. The van der Waals surface area contributed by atoms with E-state index in [1.165, 1.54) is 7.05 Å². The number of hydrogen-bond acceptors (Lipinski definition) is 5. The molecule has 0 spiro atoms. The summed E-state index contributed by atoms with van der Waals surface area (Å²) in [5, 5.41) is 12.5. The van der Waals surface area contributed by atoms with Crippen molar-refractivity contribution in [3.8, 4) is 0 Å². The number of H-pyrrole nitrogens is 1. The van der Waals surface area contributed by atoms with Crippen LogP contribution in [0.15, 0.2) is 27.7 Å². The molecule has 0 atom stereocenters. The van der Waals surface area contributed by atoms with Crippen molar-refractivity contribution >= 4 is 16.0 Å². The van der Waals surface area contributed by atoms with E-state index in [9.17, 15) is 13.2 Å². The molecule has 2 aromatic heterocycles. The molecule has 2 rings (SSSR count). The van der Waals surface area contributed by atoms with Crippen LogP contribution >= 0.6 is 0 Å². The number of carbonyl (C=O) groups is 1. The van der Waals surface area contributed by atoms with E-state index in [1.54, 1.807) is 13.0 Å². The molecule has 0 amide bonds. The Kier molecular flexibility index (Phi) is 3.64. The first kappa shape index (κ1) is 14.3. The molecule has 0 aliphatic rings. The zero-order valence-corrected chi connectivity index (χ0v) is 11.6. The van der Waals surface area contributed by atoms with Crippen molar-refractivity contribution in [3.63, 3.8) is 0 Å². The summed E-state index contributed by atoms with van der Waals surface area (Å²) in [5.74, 6) is -0.637. The van der Waals surface area contributed by atoms with Gasteiger partial charge >= 0.3 is 5.97 Å². The lowest BCUT2D eigenvalue weighted by molar-refractivity contribution is 0.0691. The first-order chi connectivity index (χ1) is 9.30. The summed E-state index contributed by atoms with van der Waals surface area (Å²) in [5.41, 5.74) is 0.289. The fourth-order valence-corrected chi connectivity index (χ4v) is 2.77. The maximum atomic E-state index is 12.2. The van der Waals surface area contributed by atoms with Gasteiger partial charge in [0, 0.05) is 19.3 Å². The van der Waals surface area contributed by atoms with Gasteiger partial charge in [-0.25, -0.2) is 13.2 Å². The van der Waals surface area contributed by atoms with Gasteiger partial charge in [-0.2, -0.15) is 4.31 Å². The molecule has 0 aliphatic heterocycles. The molecule has 108 valence electrons. The van der Waals surface area contributed by atoms with E-state index in [-0.39, 0.29) is 17.1 Å². The SMILES string of the molecule is Cc1cc(CN(C)S(=O)(=O)c2c[nH]c(C(=O)O)c2)no1. The first-order valence-electron chi connectivity index (χ1n) is 5.61. The van der Waals surface area contributed by atoms with Crippen LogP contribution in [0.5, 0.6) is 0 Å². The van der Waals surface area contributed by atoms with E-state index in [0.29, 0.717) is 11.5 Å². The van der Waals surface area contributed by atoms with E-state index in [4.69, 9.17) is 9.63 Å². The van der Waals surface area contributed by atoms with Crippen LogP contribution in [-0.4, -0.2) is 41.0 Å². The molecule has 20 heavy (non-hydrogen) atoms. The zero-order valence-electron chi connectivity index (χ0n) is 10.8. The number of carboxylic acid groups (broad SMARTS) is 1. The zero-order chi connectivity index (χ0) is 14.9. The lowest BCUT2D eigenvalue weighted by Gasteiger charge is -2.14. The molecule has 2 N–H and O–H groups in total. The van der Waals surface area contributed by atoms with Gasteiger partial charge in [-0.3, -0.25) is 0 Å². The number of aromatic carboxylic acids is 1. The number of sulfonamides is 1. The van der Waals surface area contributed by atoms with Gasteiger partial charge in [0.25, 0.3) is 0 Å². The molecule has 0 aliphatic carbocycles. The highest BCUT2D eigenvalue weighted by Gasteiger charge is 2.24. The molecule has 0 saturated heterocycles. The van der Waals surface area contributed by atoms with Crippen molar-refractivity contribution in [3.05, 3.63) is 35.5 Å². The van der Waals surface area contributed by atoms with Crippen molar-refractivity contribution in [2.75, 3.05) is 7.05 Å². The molecule has 9 heteroatoms. The Hall–Kier alpha value is -2.13. The third-order valence-electron chi connectivity index (χ3n) is 2.66. The summed E-state index contributed by atoms with van der Waals surface area (Å²) in [6.07, 6.45) is 1.14. The average Bonchev–Trinajstić information content (AvgIpc) is 2.98. The second kappa shape index (κ2) is 5.10. The van der Waals surface area contributed by atoms with E-state index in [0.717, 1.165) is 16.6 Å². The number of aryl methyl sites for hydroxylation is 1. The van der Waals surface area contributed by atoms with Crippen LogP contribution in [0.25, 0.3) is 0 Å². The Labute approximate surface area is 115 Å². The number of nitrogens with zero attached hydrogens (tertiary/aromatic N) is 2. The summed E-state index contributed by atoms with van der Waals surface area (Å²) in [6, 6.07) is 2.70. The smallest absolute Gasteiger partial charge is 0.352 e. The minimum absolute atomic E-state index is 0.0350. The van der Waals surface area contributed by atoms with Crippen LogP contribution in [0.1, 0.15) is 21.9 Å². The predicted octanol–water partition coefficient (Wildman–Crippen LogP) is 0.830. The quantitative estimate of drug-likeness (QED) is 0.844. The number of carboxylic acids is 1. The summed E-state index contributed by atoms with van der Waals surface area (Å²) < 4.78 is 30.4. The Bertz CT molecular complexity index is 731. The van der Waals surface area contributed by atoms with Gasteiger partial charge in [0.15, 0.2) is 0 Å². The van der Waals surface area contributed by atoms with Crippen molar-refractivity contribution < 1.29 is 22.8 Å². The molecular weight excluding hydrogens is 286 g/mol. The highest BCUT2D eigenvalue weighted by molar-refractivity contribution is 7.89. The van der Waals surface area contributed by atoms with Gasteiger partial charge in [-0.05, 0) is 13.0 Å². The van der Waals surface area contributed by atoms with E-state index in [2.05, 4.69) is 10.1 Å². The minimum Gasteiger partial charge on any atom is -0.477 e. The number of nitrogens with one attached hydrogen (secondary N) is 1. The van der Waals surface area contributed by atoms with Gasteiger partial charge in [0.2, 0.25) is 10.0 Å². The van der Waals surface area contributed by atoms with Crippen molar-refractivity contribution in [1.29, 1.82) is 0 Å². The van der Waals surface area contributed by atoms with Gasteiger partial charge in [-0.15, -0.1) is 0 Å². The Morgan fingerprint density at radius 2 is 2.20 bits per heavy atom. The van der Waals surface area contributed by atoms with E-state index >= 15 is 0 Å². The number of hydrogen-bond donors (Lipinski definition) is 2. The molecule has 0 unspecified atom stereocenters. The molecule has 0 bridgehead atoms. The van der Waals surface area contributed by atoms with Crippen molar-refractivity contribution in [2.24, 2.45) is 0 Å². The Morgan fingerprint density at radius 1 is 1.50 bits per heavy atom.